The smallest absolute Gasteiger partial charge is 0.136 e. The molecule has 100 valence electrons. The zero-order chi connectivity index (χ0) is 14.3. The van der Waals surface area contributed by atoms with E-state index in [0.29, 0.717) is 14.7 Å². The van der Waals surface area contributed by atoms with E-state index in [0.717, 1.165) is 0 Å². The normalized spacial score (nSPS) is 10.9. The third-order valence-corrected chi connectivity index (χ3v) is 5.52. The van der Waals surface area contributed by atoms with Crippen LogP contribution < -0.4 is 0 Å². The minimum absolute atomic E-state index is 0.0962. The van der Waals surface area contributed by atoms with Crippen molar-refractivity contribution in [2.24, 2.45) is 0 Å². The molecular weight excluding hydrogens is 467 g/mol. The van der Waals surface area contributed by atoms with E-state index < -0.39 is 0 Å². The number of halogens is 7. The molecule has 2 aromatic carbocycles. The molecule has 0 amide bonds. The Morgan fingerprint density at radius 3 is 1.74 bits per heavy atom. The van der Waals surface area contributed by atoms with E-state index in [4.69, 9.17) is 58.0 Å². The minimum Gasteiger partial charge on any atom is -0.206 e. The van der Waals surface area contributed by atoms with Crippen LogP contribution in [0.25, 0.3) is 11.1 Å². The summed E-state index contributed by atoms with van der Waals surface area (Å²) in [6.07, 6.45) is 0. The van der Waals surface area contributed by atoms with Crippen molar-refractivity contribution in [3.8, 4) is 11.1 Å². The fourth-order valence-electron chi connectivity index (χ4n) is 1.51. The lowest BCUT2D eigenvalue weighted by atomic mass is 10.1. The Hall–Kier alpha value is 0.550. The molecule has 0 spiro atoms. The van der Waals surface area contributed by atoms with Gasteiger partial charge in [-0.25, -0.2) is 4.39 Å². The van der Waals surface area contributed by atoms with Gasteiger partial charge in [0.05, 0.1) is 25.1 Å². The fraction of sp³-hybridized carbons (Fsp3) is 0. The Labute approximate surface area is 147 Å². The van der Waals surface area contributed by atoms with Gasteiger partial charge in [-0.3, -0.25) is 0 Å². The highest BCUT2D eigenvalue weighted by molar-refractivity contribution is 14.1. The van der Waals surface area contributed by atoms with Crippen LogP contribution in [0.15, 0.2) is 18.2 Å². The maximum absolute atomic E-state index is 13.3. The van der Waals surface area contributed by atoms with E-state index in [9.17, 15) is 4.39 Å². The predicted octanol–water partition coefficient (Wildman–Crippen LogP) is 7.36. The van der Waals surface area contributed by atoms with Crippen LogP contribution in [0.5, 0.6) is 0 Å². The van der Waals surface area contributed by atoms with Gasteiger partial charge >= 0.3 is 0 Å². The van der Waals surface area contributed by atoms with E-state index in [1.807, 2.05) is 22.6 Å². The molecule has 0 aliphatic rings. The molecule has 2 rings (SSSR count). The van der Waals surface area contributed by atoms with Crippen LogP contribution in [0.4, 0.5) is 4.39 Å². The monoisotopic (exact) mass is 468 g/mol. The van der Waals surface area contributed by atoms with Gasteiger partial charge in [-0.1, -0.05) is 64.1 Å². The molecule has 0 nitrogen and oxygen atoms in total. The molecule has 0 saturated carbocycles. The molecule has 2 aromatic rings. The van der Waals surface area contributed by atoms with Crippen molar-refractivity contribution in [3.05, 3.63) is 52.7 Å². The van der Waals surface area contributed by atoms with Crippen molar-refractivity contribution >= 4 is 80.6 Å². The first-order chi connectivity index (χ1) is 8.84. The van der Waals surface area contributed by atoms with Crippen molar-refractivity contribution in [1.82, 2.24) is 0 Å². The van der Waals surface area contributed by atoms with Crippen molar-refractivity contribution in [2.45, 2.75) is 0 Å². The summed E-state index contributed by atoms with van der Waals surface area (Å²) in [7, 11) is 0. The van der Waals surface area contributed by atoms with Crippen LogP contribution in [-0.2, 0) is 0 Å². The second-order valence-corrected chi connectivity index (χ2v) is 6.63. The molecule has 0 fully saturated rings. The first kappa shape index (κ1) is 15.9. The molecule has 0 heterocycles. The average Bonchev–Trinajstić information content (AvgIpc) is 2.38. The van der Waals surface area contributed by atoms with Crippen LogP contribution in [0.2, 0.25) is 25.1 Å². The summed E-state index contributed by atoms with van der Waals surface area (Å²) in [5, 5.41) is 0.699. The van der Waals surface area contributed by atoms with E-state index in [1.54, 1.807) is 12.1 Å². The Bertz CT molecular complexity index is 643. The minimum atomic E-state index is -0.331. The SMILES string of the molecule is Fc1ccc(-c2c(Cl)c(Cl)c(Cl)c(Cl)c2Cl)cc1I. The lowest BCUT2D eigenvalue weighted by Gasteiger charge is -2.13. The zero-order valence-electron chi connectivity index (χ0n) is 8.88. The van der Waals surface area contributed by atoms with E-state index >= 15 is 0 Å². The molecule has 19 heavy (non-hydrogen) atoms. The Morgan fingerprint density at radius 2 is 1.26 bits per heavy atom. The predicted molar refractivity (Wildman–Crippen MR) is 89.6 cm³/mol. The second kappa shape index (κ2) is 6.12. The topological polar surface area (TPSA) is 0 Å². The number of rotatable bonds is 1. The second-order valence-electron chi connectivity index (χ2n) is 3.57. The van der Waals surface area contributed by atoms with Gasteiger partial charge in [0.25, 0.3) is 0 Å². The van der Waals surface area contributed by atoms with E-state index in [-0.39, 0.29) is 30.9 Å². The maximum atomic E-state index is 13.3. The molecular formula is C12H3Cl5FI. The molecule has 0 N–H and O–H groups in total. The highest BCUT2D eigenvalue weighted by Crippen LogP contribution is 2.48. The summed E-state index contributed by atoms with van der Waals surface area (Å²) in [6.45, 7) is 0. The van der Waals surface area contributed by atoms with Gasteiger partial charge in [0.15, 0.2) is 0 Å². The number of benzene rings is 2. The molecule has 7 heteroatoms. The highest BCUT2D eigenvalue weighted by Gasteiger charge is 2.20. The molecule has 0 radical (unpaired) electrons. The van der Waals surface area contributed by atoms with Gasteiger partial charge in [-0.2, -0.15) is 0 Å². The first-order valence-electron chi connectivity index (χ1n) is 4.81. The number of hydrogen-bond donors (Lipinski definition) is 0. The van der Waals surface area contributed by atoms with Crippen molar-refractivity contribution in [3.63, 3.8) is 0 Å². The van der Waals surface area contributed by atoms with Crippen LogP contribution >= 0.6 is 80.6 Å². The lowest BCUT2D eigenvalue weighted by Crippen LogP contribution is -1.89. The summed E-state index contributed by atoms with van der Waals surface area (Å²) in [4.78, 5) is 0. The van der Waals surface area contributed by atoms with Crippen LogP contribution in [0, 0.1) is 9.39 Å². The van der Waals surface area contributed by atoms with Gasteiger partial charge in [-0.15, -0.1) is 0 Å². The summed E-state index contributed by atoms with van der Waals surface area (Å²) in [5.74, 6) is -0.331. The van der Waals surface area contributed by atoms with Gasteiger partial charge in [-0.05, 0) is 40.3 Å². The summed E-state index contributed by atoms with van der Waals surface area (Å²) >= 11 is 32.1. The van der Waals surface area contributed by atoms with Gasteiger partial charge in [0.2, 0.25) is 0 Å². The number of hydrogen-bond acceptors (Lipinski definition) is 0. The molecule has 0 unspecified atom stereocenters. The zero-order valence-corrected chi connectivity index (χ0v) is 14.8. The Kier molecular flexibility index (Phi) is 5.13. The molecule has 0 atom stereocenters. The van der Waals surface area contributed by atoms with Crippen molar-refractivity contribution < 1.29 is 4.39 Å². The summed E-state index contributed by atoms with van der Waals surface area (Å²) in [6, 6.07) is 4.47. The lowest BCUT2D eigenvalue weighted by molar-refractivity contribution is 0.620. The van der Waals surface area contributed by atoms with E-state index in [1.165, 1.54) is 6.07 Å². The third kappa shape index (κ3) is 2.94. The van der Waals surface area contributed by atoms with Gasteiger partial charge < -0.3 is 0 Å². The van der Waals surface area contributed by atoms with Crippen LogP contribution in [-0.4, -0.2) is 0 Å². The molecule has 0 bridgehead atoms. The molecule has 0 saturated heterocycles. The van der Waals surface area contributed by atoms with Crippen molar-refractivity contribution in [2.75, 3.05) is 0 Å². The first-order valence-corrected chi connectivity index (χ1v) is 7.78. The molecule has 0 aliphatic carbocycles. The van der Waals surface area contributed by atoms with E-state index in [2.05, 4.69) is 0 Å². The summed E-state index contributed by atoms with van der Waals surface area (Å²) in [5.41, 5.74) is 1.04. The van der Waals surface area contributed by atoms with Crippen LogP contribution in [0.1, 0.15) is 0 Å². The standard InChI is InChI=1S/C12H3Cl5FI/c13-8-7(4-1-2-5(18)6(19)3-4)9(14)11(16)12(17)10(8)15/h1-3H. The highest BCUT2D eigenvalue weighted by atomic mass is 127. The third-order valence-electron chi connectivity index (χ3n) is 2.42. The van der Waals surface area contributed by atoms with Gasteiger partial charge in [0.1, 0.15) is 5.82 Å². The summed E-state index contributed by atoms with van der Waals surface area (Å²) < 4.78 is 13.7. The van der Waals surface area contributed by atoms with Gasteiger partial charge in [0, 0.05) is 9.13 Å². The quantitative estimate of drug-likeness (QED) is 0.232. The fourth-order valence-corrected chi connectivity index (χ4v) is 3.38. The van der Waals surface area contributed by atoms with Crippen molar-refractivity contribution in [1.29, 1.82) is 0 Å². The Morgan fingerprint density at radius 1 is 0.789 bits per heavy atom. The molecule has 0 aliphatic heterocycles. The maximum Gasteiger partial charge on any atom is 0.136 e. The van der Waals surface area contributed by atoms with Crippen LogP contribution in [0.3, 0.4) is 0 Å². The Balaban J connectivity index is 2.79. The largest absolute Gasteiger partial charge is 0.206 e. The average molecular weight is 470 g/mol. The molecule has 0 aromatic heterocycles.